The number of amides is 3. The van der Waals surface area contributed by atoms with Crippen LogP contribution in [0.2, 0.25) is 0 Å². The molecule has 15 heavy (non-hydrogen) atoms. The van der Waals surface area contributed by atoms with Crippen molar-refractivity contribution >= 4 is 35.6 Å². The zero-order chi connectivity index (χ0) is 12.2. The van der Waals surface area contributed by atoms with Gasteiger partial charge in [-0.25, -0.2) is 14.7 Å². The van der Waals surface area contributed by atoms with Crippen molar-refractivity contribution in [2.75, 3.05) is 14.1 Å². The van der Waals surface area contributed by atoms with Crippen molar-refractivity contribution in [3.05, 3.63) is 0 Å². The molecule has 0 saturated heterocycles. The normalized spacial score (nSPS) is 9.60. The number of carbonyl (C=O) groups excluding carboxylic acids is 2. The predicted octanol–water partition coefficient (Wildman–Crippen LogP) is -0.505. The van der Waals surface area contributed by atoms with Gasteiger partial charge in [0.25, 0.3) is 0 Å². The molecule has 0 aliphatic carbocycles. The highest BCUT2D eigenvalue weighted by Gasteiger charge is 2.26. The van der Waals surface area contributed by atoms with Gasteiger partial charge in [-0.2, -0.15) is 5.01 Å². The van der Waals surface area contributed by atoms with Crippen LogP contribution in [-0.2, 0) is 4.79 Å². The fraction of sp³-hybridized carbons (Fsp3) is 0.429. The lowest BCUT2D eigenvalue weighted by atomic mass is 10.6. The Morgan fingerprint density at radius 1 is 1.47 bits per heavy atom. The van der Waals surface area contributed by atoms with Crippen LogP contribution in [0.3, 0.4) is 0 Å². The largest absolute Gasteiger partial charge is 0.368 e. The molecule has 0 saturated carbocycles. The average molecular weight is 230 g/mol. The summed E-state index contributed by atoms with van der Waals surface area (Å²) in [6.07, 6.45) is 1.36. The van der Waals surface area contributed by atoms with Crippen LogP contribution in [0.15, 0.2) is 0 Å². The fourth-order valence-electron chi connectivity index (χ4n) is 0.822. The van der Waals surface area contributed by atoms with E-state index in [0.29, 0.717) is 4.90 Å². The summed E-state index contributed by atoms with van der Waals surface area (Å²) in [5.74, 6) is -0.513. The van der Waals surface area contributed by atoms with E-state index >= 15 is 0 Å². The molecule has 0 fully saturated rings. The Kier molecular flexibility index (Phi) is 4.82. The zero-order valence-electron chi connectivity index (χ0n) is 8.64. The van der Waals surface area contributed by atoms with E-state index in [4.69, 9.17) is 11.1 Å². The van der Waals surface area contributed by atoms with E-state index in [1.807, 2.05) is 0 Å². The number of thiocarbonyl (C=S) groups is 1. The second-order valence-electron chi connectivity index (χ2n) is 2.77. The smallest absolute Gasteiger partial charge is 0.353 e. The number of imide groups is 1. The van der Waals surface area contributed by atoms with Crippen molar-refractivity contribution in [2.24, 2.45) is 5.73 Å². The minimum atomic E-state index is -0.838. The summed E-state index contributed by atoms with van der Waals surface area (Å²) in [4.78, 5) is 22.7. The van der Waals surface area contributed by atoms with Gasteiger partial charge in [-0.05, 0) is 6.92 Å². The fourth-order valence-corrected chi connectivity index (χ4v) is 0.938. The molecule has 8 heteroatoms. The third kappa shape index (κ3) is 3.26. The first-order chi connectivity index (χ1) is 6.82. The number of carbonyl (C=O) groups is 1. The van der Waals surface area contributed by atoms with Gasteiger partial charge in [0.1, 0.15) is 0 Å². The Morgan fingerprint density at radius 3 is 2.13 bits per heavy atom. The third-order valence-electron chi connectivity index (χ3n) is 1.41. The van der Waals surface area contributed by atoms with Crippen LogP contribution in [0.1, 0.15) is 6.92 Å². The number of nitrogens with zero attached hydrogens (tertiary/aromatic N) is 3. The second kappa shape index (κ2) is 5.37. The summed E-state index contributed by atoms with van der Waals surface area (Å²) in [5.41, 5.74) is 5.18. The molecule has 0 aromatic rings. The van der Waals surface area contributed by atoms with Gasteiger partial charge in [0.15, 0.2) is 0 Å². The van der Waals surface area contributed by atoms with Crippen LogP contribution in [0.4, 0.5) is 4.79 Å². The number of guanidine groups is 1. The Morgan fingerprint density at radius 2 is 1.93 bits per heavy atom. The Bertz CT molecular complexity index is 304. The van der Waals surface area contributed by atoms with E-state index in [1.165, 1.54) is 32.4 Å². The highest BCUT2D eigenvalue weighted by atomic mass is 32.1. The lowest BCUT2D eigenvalue weighted by Crippen LogP contribution is -2.55. The Labute approximate surface area is 92.9 Å². The molecule has 3 amide bonds. The number of hydrogen-bond acceptors (Lipinski definition) is 5. The van der Waals surface area contributed by atoms with Gasteiger partial charge in [-0.3, -0.25) is 10.2 Å². The summed E-state index contributed by atoms with van der Waals surface area (Å²) < 4.78 is 0. The lowest BCUT2D eigenvalue weighted by Gasteiger charge is -2.29. The van der Waals surface area contributed by atoms with E-state index in [2.05, 4.69) is 12.2 Å². The minimum Gasteiger partial charge on any atom is -0.368 e. The molecule has 0 spiro atoms. The summed E-state index contributed by atoms with van der Waals surface area (Å²) in [6.45, 7) is 1.39. The van der Waals surface area contributed by atoms with E-state index in [1.54, 1.807) is 0 Å². The van der Waals surface area contributed by atoms with Crippen LogP contribution in [0.25, 0.3) is 0 Å². The highest BCUT2D eigenvalue weighted by Crippen LogP contribution is 2.00. The molecule has 0 unspecified atom stereocenters. The third-order valence-corrected chi connectivity index (χ3v) is 1.59. The van der Waals surface area contributed by atoms with Crippen molar-refractivity contribution in [1.29, 1.82) is 5.41 Å². The standard InChI is InChI=1S/C7H12N5O2S/c1-5(15)11(4-13)7(14)12(6(8)9)10(2)3/h1-3H3,(H3,8,9). The van der Waals surface area contributed by atoms with E-state index in [-0.39, 0.29) is 4.99 Å². The monoisotopic (exact) mass is 230 g/mol. The Balaban J connectivity index is 5.00. The molecule has 0 heterocycles. The van der Waals surface area contributed by atoms with Crippen molar-refractivity contribution in [3.63, 3.8) is 0 Å². The number of urea groups is 1. The summed E-state index contributed by atoms with van der Waals surface area (Å²) in [7, 11) is 3.00. The van der Waals surface area contributed by atoms with Gasteiger partial charge in [0.05, 0.1) is 4.99 Å². The van der Waals surface area contributed by atoms with Gasteiger partial charge in [0.2, 0.25) is 5.96 Å². The average Bonchev–Trinajstić information content (AvgIpc) is 2.02. The van der Waals surface area contributed by atoms with Gasteiger partial charge in [-0.1, -0.05) is 12.2 Å². The number of rotatable bonds is 2. The van der Waals surface area contributed by atoms with E-state index < -0.39 is 12.0 Å². The number of nitrogens with two attached hydrogens (primary N) is 1. The number of nitrogens with one attached hydrogen (secondary N) is 1. The summed E-state index contributed by atoms with van der Waals surface area (Å²) >= 11 is 4.67. The van der Waals surface area contributed by atoms with Crippen LogP contribution in [0, 0.1) is 5.41 Å². The Hall–Kier alpha value is -1.54. The first kappa shape index (κ1) is 13.5. The summed E-state index contributed by atoms with van der Waals surface area (Å²) in [5, 5.41) is 9.20. The maximum atomic E-state index is 11.6. The predicted molar refractivity (Wildman–Crippen MR) is 58.6 cm³/mol. The zero-order valence-corrected chi connectivity index (χ0v) is 9.46. The molecule has 0 aromatic carbocycles. The summed E-state index contributed by atoms with van der Waals surface area (Å²) in [6, 6.07) is -0.838. The first-order valence-corrected chi connectivity index (χ1v) is 4.27. The van der Waals surface area contributed by atoms with E-state index in [9.17, 15) is 9.59 Å². The van der Waals surface area contributed by atoms with Crippen LogP contribution >= 0.6 is 12.2 Å². The minimum absolute atomic E-state index is 0.0306. The quantitative estimate of drug-likeness (QED) is 0.219. The van der Waals surface area contributed by atoms with Gasteiger partial charge >= 0.3 is 12.4 Å². The molecule has 0 rings (SSSR count). The first-order valence-electron chi connectivity index (χ1n) is 3.86. The molecule has 0 aromatic heterocycles. The maximum Gasteiger partial charge on any atom is 0.353 e. The van der Waals surface area contributed by atoms with Gasteiger partial charge in [0, 0.05) is 14.1 Å². The SMILES string of the molecule is CC(=S)N([C]=O)C(=O)N(C(=N)N)N(C)C. The van der Waals surface area contributed by atoms with Crippen LogP contribution < -0.4 is 5.73 Å². The molecule has 3 N–H and O–H groups in total. The van der Waals surface area contributed by atoms with Crippen LogP contribution in [0.5, 0.6) is 0 Å². The second-order valence-corrected chi connectivity index (χ2v) is 3.36. The molecule has 7 nitrogen and oxygen atoms in total. The molecular formula is C7H12N5O2S. The molecule has 0 aliphatic rings. The molecule has 0 aliphatic heterocycles. The number of hydrazine groups is 1. The lowest BCUT2D eigenvalue weighted by molar-refractivity contribution is 0.118. The topological polar surface area (TPSA) is 93.7 Å². The van der Waals surface area contributed by atoms with Crippen molar-refractivity contribution in [2.45, 2.75) is 6.92 Å². The van der Waals surface area contributed by atoms with Crippen molar-refractivity contribution in [3.8, 4) is 0 Å². The van der Waals surface area contributed by atoms with Crippen LogP contribution in [-0.4, -0.2) is 52.4 Å². The number of hydrogen-bond donors (Lipinski definition) is 2. The van der Waals surface area contributed by atoms with E-state index in [0.717, 1.165) is 5.01 Å². The molecule has 0 bridgehead atoms. The van der Waals surface area contributed by atoms with Gasteiger partial charge < -0.3 is 5.73 Å². The molecule has 83 valence electrons. The molecular weight excluding hydrogens is 218 g/mol. The van der Waals surface area contributed by atoms with Crippen molar-refractivity contribution < 1.29 is 9.59 Å². The van der Waals surface area contributed by atoms with Crippen molar-refractivity contribution in [1.82, 2.24) is 14.9 Å². The van der Waals surface area contributed by atoms with Gasteiger partial charge in [-0.15, -0.1) is 0 Å². The maximum absolute atomic E-state index is 11.6. The highest BCUT2D eigenvalue weighted by molar-refractivity contribution is 7.80. The molecule has 0 atom stereocenters. The molecule has 1 radical (unpaired) electrons.